The van der Waals surface area contributed by atoms with E-state index in [4.69, 9.17) is 9.15 Å². The Morgan fingerprint density at radius 1 is 1.18 bits per heavy atom. The summed E-state index contributed by atoms with van der Waals surface area (Å²) in [7, 11) is 0. The van der Waals surface area contributed by atoms with Crippen molar-refractivity contribution in [3.8, 4) is 10.4 Å². The van der Waals surface area contributed by atoms with Gasteiger partial charge in [-0.1, -0.05) is 48.2 Å². The number of rotatable bonds is 6. The van der Waals surface area contributed by atoms with Gasteiger partial charge in [-0.2, -0.15) is 0 Å². The molecule has 0 spiro atoms. The molecule has 1 amide bonds. The van der Waals surface area contributed by atoms with Gasteiger partial charge in [-0.3, -0.25) is 4.79 Å². The molecule has 8 heteroatoms. The average Bonchev–Trinajstić information content (AvgIpc) is 3.39. The van der Waals surface area contributed by atoms with Gasteiger partial charge in [0.1, 0.15) is 10.5 Å². The molecule has 6 nitrogen and oxygen atoms in total. The molecular formula is C25H22N2O4S2. The lowest BCUT2D eigenvalue weighted by atomic mass is 9.89. The van der Waals surface area contributed by atoms with Crippen LogP contribution in [0.1, 0.15) is 35.3 Å². The normalized spacial score (nSPS) is 13.3. The van der Waals surface area contributed by atoms with Gasteiger partial charge in [0.25, 0.3) is 5.22 Å². The second-order valence-corrected chi connectivity index (χ2v) is 10.0. The third-order valence-electron chi connectivity index (χ3n) is 5.55. The maximum atomic E-state index is 13.1. The smallest absolute Gasteiger partial charge is 0.341 e. The summed E-state index contributed by atoms with van der Waals surface area (Å²) in [6.45, 7) is 3.85. The standard InChI is InChI=1S/C25H22N2O4S2/c1-3-30-24(29)20-17-13-12-15-8-4-5-9-16(15)21(17)33-23(20)27-22(28)14(2)32-25-26-18-10-6-7-11-19(18)31-25/h4-11,14H,3,12-13H2,1-2H3,(H,27,28). The fourth-order valence-corrected chi connectivity index (χ4v) is 6.03. The number of anilines is 1. The molecule has 0 saturated carbocycles. The maximum Gasteiger partial charge on any atom is 0.341 e. The van der Waals surface area contributed by atoms with Gasteiger partial charge in [-0.15, -0.1) is 11.3 Å². The summed E-state index contributed by atoms with van der Waals surface area (Å²) in [5.41, 5.74) is 5.22. The maximum absolute atomic E-state index is 13.1. The predicted molar refractivity (Wildman–Crippen MR) is 131 cm³/mol. The minimum atomic E-state index is -0.473. The highest BCUT2D eigenvalue weighted by atomic mass is 32.2. The molecule has 2 heterocycles. The monoisotopic (exact) mass is 478 g/mol. The summed E-state index contributed by atoms with van der Waals surface area (Å²) in [4.78, 5) is 31.4. The number of para-hydroxylation sites is 2. The van der Waals surface area contributed by atoms with Crippen LogP contribution in [0, 0.1) is 0 Å². The zero-order valence-corrected chi connectivity index (χ0v) is 19.8. The van der Waals surface area contributed by atoms with Crippen molar-refractivity contribution in [3.63, 3.8) is 0 Å². The summed E-state index contributed by atoms with van der Waals surface area (Å²) < 4.78 is 11.1. The van der Waals surface area contributed by atoms with Crippen LogP contribution in [0.3, 0.4) is 0 Å². The highest BCUT2D eigenvalue weighted by Crippen LogP contribution is 2.45. The molecule has 168 valence electrons. The summed E-state index contributed by atoms with van der Waals surface area (Å²) in [6.07, 6.45) is 1.59. The second-order valence-electron chi connectivity index (χ2n) is 7.69. The molecule has 4 aromatic rings. The van der Waals surface area contributed by atoms with E-state index in [1.807, 2.05) is 36.4 Å². The van der Waals surface area contributed by atoms with Crippen molar-refractivity contribution in [1.29, 1.82) is 0 Å². The molecule has 5 rings (SSSR count). The van der Waals surface area contributed by atoms with E-state index in [0.717, 1.165) is 34.4 Å². The zero-order valence-electron chi connectivity index (χ0n) is 18.2. The number of aryl methyl sites for hydroxylation is 1. The molecule has 2 aromatic carbocycles. The van der Waals surface area contributed by atoms with E-state index in [1.54, 1.807) is 13.8 Å². The van der Waals surface area contributed by atoms with E-state index in [0.29, 0.717) is 21.4 Å². The highest BCUT2D eigenvalue weighted by molar-refractivity contribution is 8.00. The lowest BCUT2D eigenvalue weighted by molar-refractivity contribution is -0.115. The number of nitrogens with one attached hydrogen (secondary N) is 1. The number of esters is 1. The van der Waals surface area contributed by atoms with Gasteiger partial charge < -0.3 is 14.5 Å². The molecule has 0 radical (unpaired) electrons. The van der Waals surface area contributed by atoms with Crippen LogP contribution in [0.4, 0.5) is 5.00 Å². The van der Waals surface area contributed by atoms with Gasteiger partial charge >= 0.3 is 5.97 Å². The van der Waals surface area contributed by atoms with Gasteiger partial charge in [0.15, 0.2) is 5.58 Å². The number of fused-ring (bicyclic) bond motifs is 4. The lowest BCUT2D eigenvalue weighted by Crippen LogP contribution is -2.23. The van der Waals surface area contributed by atoms with E-state index < -0.39 is 11.2 Å². The molecule has 2 aromatic heterocycles. The highest BCUT2D eigenvalue weighted by Gasteiger charge is 2.30. The molecule has 1 unspecified atom stereocenters. The molecular weight excluding hydrogens is 456 g/mol. The molecule has 1 aliphatic carbocycles. The minimum Gasteiger partial charge on any atom is -0.462 e. The molecule has 0 saturated heterocycles. The molecule has 0 aliphatic heterocycles. The first kappa shape index (κ1) is 21.7. The number of thiophene rings is 1. The van der Waals surface area contributed by atoms with Crippen molar-refractivity contribution < 1.29 is 18.7 Å². The summed E-state index contributed by atoms with van der Waals surface area (Å²) >= 11 is 2.68. The van der Waals surface area contributed by atoms with Crippen molar-refractivity contribution in [1.82, 2.24) is 4.98 Å². The van der Waals surface area contributed by atoms with Crippen molar-refractivity contribution in [2.45, 2.75) is 37.2 Å². The average molecular weight is 479 g/mol. The zero-order chi connectivity index (χ0) is 22.9. The molecule has 0 fully saturated rings. The number of benzene rings is 2. The molecule has 1 N–H and O–H groups in total. The second kappa shape index (κ2) is 9.03. The van der Waals surface area contributed by atoms with Crippen LogP contribution >= 0.6 is 23.1 Å². The van der Waals surface area contributed by atoms with Crippen LogP contribution in [0.2, 0.25) is 0 Å². The Balaban J connectivity index is 1.43. The Bertz CT molecular complexity index is 1320. The number of thioether (sulfide) groups is 1. The number of hydrogen-bond donors (Lipinski definition) is 1. The Labute approximate surface area is 199 Å². The molecule has 1 atom stereocenters. The van der Waals surface area contributed by atoms with Crippen LogP contribution in [0.25, 0.3) is 21.5 Å². The van der Waals surface area contributed by atoms with Gasteiger partial charge in [0.2, 0.25) is 5.91 Å². The van der Waals surface area contributed by atoms with E-state index in [9.17, 15) is 9.59 Å². The summed E-state index contributed by atoms with van der Waals surface area (Å²) in [5, 5.41) is 3.47. The number of hydrogen-bond acceptors (Lipinski definition) is 7. The molecule has 1 aliphatic rings. The van der Waals surface area contributed by atoms with Crippen LogP contribution in [-0.4, -0.2) is 28.7 Å². The van der Waals surface area contributed by atoms with Gasteiger partial charge in [-0.05, 0) is 55.5 Å². The first-order valence-corrected chi connectivity index (χ1v) is 12.5. The number of carbonyl (C=O) groups excluding carboxylic acids is 2. The lowest BCUT2D eigenvalue weighted by Gasteiger charge is -2.16. The van der Waals surface area contributed by atoms with Crippen molar-refractivity contribution in [3.05, 3.63) is 65.2 Å². The van der Waals surface area contributed by atoms with Crippen LogP contribution < -0.4 is 5.32 Å². The SMILES string of the molecule is CCOC(=O)c1c(NC(=O)C(C)Sc2nc3ccccc3o2)sc2c1CCc1ccccc1-2. The van der Waals surface area contributed by atoms with Crippen molar-refractivity contribution in [2.75, 3.05) is 11.9 Å². The van der Waals surface area contributed by atoms with Crippen LogP contribution in [0.5, 0.6) is 0 Å². The Kier molecular flexibility index (Phi) is 5.95. The number of amides is 1. The topological polar surface area (TPSA) is 81.4 Å². The van der Waals surface area contributed by atoms with E-state index in [-0.39, 0.29) is 12.5 Å². The third-order valence-corrected chi connectivity index (χ3v) is 7.68. The Morgan fingerprint density at radius 3 is 2.79 bits per heavy atom. The first-order valence-electron chi connectivity index (χ1n) is 10.8. The summed E-state index contributed by atoms with van der Waals surface area (Å²) in [6, 6.07) is 15.7. The number of oxazole rings is 1. The fourth-order valence-electron chi connectivity index (χ4n) is 3.97. The predicted octanol–water partition coefficient (Wildman–Crippen LogP) is 5.95. The summed E-state index contributed by atoms with van der Waals surface area (Å²) in [5.74, 6) is -0.622. The van der Waals surface area contributed by atoms with Gasteiger partial charge in [0, 0.05) is 4.88 Å². The molecule has 0 bridgehead atoms. The van der Waals surface area contributed by atoms with Gasteiger partial charge in [0.05, 0.1) is 17.4 Å². The van der Waals surface area contributed by atoms with E-state index in [1.165, 1.54) is 28.7 Å². The molecule has 33 heavy (non-hydrogen) atoms. The van der Waals surface area contributed by atoms with E-state index >= 15 is 0 Å². The first-order chi connectivity index (χ1) is 16.0. The number of aromatic nitrogens is 1. The van der Waals surface area contributed by atoms with Crippen LogP contribution in [0.15, 0.2) is 58.2 Å². The number of ether oxygens (including phenoxy) is 1. The third kappa shape index (κ3) is 4.16. The minimum absolute atomic E-state index is 0.223. The van der Waals surface area contributed by atoms with Crippen molar-refractivity contribution in [2.24, 2.45) is 0 Å². The van der Waals surface area contributed by atoms with Gasteiger partial charge in [-0.25, -0.2) is 9.78 Å². The largest absolute Gasteiger partial charge is 0.462 e. The number of carbonyl (C=O) groups is 2. The Hall–Kier alpha value is -3.10. The van der Waals surface area contributed by atoms with Crippen LogP contribution in [-0.2, 0) is 22.4 Å². The van der Waals surface area contributed by atoms with E-state index in [2.05, 4.69) is 22.4 Å². The fraction of sp³-hybridized carbons (Fsp3) is 0.240. The van der Waals surface area contributed by atoms with Crippen molar-refractivity contribution >= 4 is 51.1 Å². The quantitative estimate of drug-likeness (QED) is 0.272. The number of nitrogens with zero attached hydrogens (tertiary/aromatic N) is 1. The Morgan fingerprint density at radius 2 is 1.97 bits per heavy atom.